The molecule has 34 heavy (non-hydrogen) atoms. The molecule has 0 radical (unpaired) electrons. The Morgan fingerprint density at radius 1 is 0.912 bits per heavy atom. The predicted molar refractivity (Wildman–Crippen MR) is 134 cm³/mol. The van der Waals surface area contributed by atoms with Crippen LogP contribution in [0.4, 0.5) is 15.8 Å². The Labute approximate surface area is 201 Å². The van der Waals surface area contributed by atoms with E-state index >= 15 is 0 Å². The second kappa shape index (κ2) is 11.2. The summed E-state index contributed by atoms with van der Waals surface area (Å²) >= 11 is 0. The molecule has 0 bridgehead atoms. The van der Waals surface area contributed by atoms with Crippen LogP contribution in [-0.2, 0) is 21.4 Å². The number of carbonyl (C=O) groups excluding carboxylic acids is 1. The van der Waals surface area contributed by atoms with Gasteiger partial charge in [0.2, 0.25) is 5.91 Å². The minimum absolute atomic E-state index is 0.0128. The van der Waals surface area contributed by atoms with Gasteiger partial charge >= 0.3 is 0 Å². The molecule has 0 aliphatic rings. The first-order valence-electron chi connectivity index (χ1n) is 11.2. The molecule has 1 amide bonds. The Hall–Kier alpha value is -3.39. The number of hydrogen-bond donors (Lipinski definition) is 1. The van der Waals surface area contributed by atoms with Crippen molar-refractivity contribution in [3.05, 3.63) is 89.7 Å². The minimum atomic E-state index is -4.17. The van der Waals surface area contributed by atoms with Crippen molar-refractivity contribution in [3.63, 3.8) is 0 Å². The number of hydrogen-bond acceptors (Lipinski definition) is 4. The molecule has 0 aromatic heterocycles. The highest BCUT2D eigenvalue weighted by Gasteiger charge is 2.29. The molecule has 0 fully saturated rings. The highest BCUT2D eigenvalue weighted by molar-refractivity contribution is 7.92. The first-order valence-corrected chi connectivity index (χ1v) is 12.6. The highest BCUT2D eigenvalue weighted by atomic mass is 32.2. The minimum Gasteiger partial charge on any atom is -0.372 e. The van der Waals surface area contributed by atoms with Gasteiger partial charge in [-0.15, -0.1) is 0 Å². The van der Waals surface area contributed by atoms with Crippen LogP contribution in [0.15, 0.2) is 77.7 Å². The highest BCUT2D eigenvalue weighted by Crippen LogP contribution is 2.26. The number of nitrogens with one attached hydrogen (secondary N) is 1. The molecule has 0 saturated carbocycles. The molecule has 0 unspecified atom stereocenters. The summed E-state index contributed by atoms with van der Waals surface area (Å²) in [5.41, 5.74) is 2.68. The third kappa shape index (κ3) is 5.94. The van der Waals surface area contributed by atoms with Gasteiger partial charge in [-0.2, -0.15) is 0 Å². The van der Waals surface area contributed by atoms with Crippen molar-refractivity contribution < 1.29 is 17.6 Å². The van der Waals surface area contributed by atoms with E-state index in [2.05, 4.69) is 24.1 Å². The van der Waals surface area contributed by atoms with Crippen molar-refractivity contribution in [3.8, 4) is 0 Å². The molecule has 0 spiro atoms. The van der Waals surface area contributed by atoms with Crippen LogP contribution in [0.2, 0.25) is 0 Å². The van der Waals surface area contributed by atoms with E-state index in [0.717, 1.165) is 34.2 Å². The Kier molecular flexibility index (Phi) is 8.28. The number of benzene rings is 3. The monoisotopic (exact) mass is 483 g/mol. The molecule has 6 nitrogen and oxygen atoms in total. The van der Waals surface area contributed by atoms with Gasteiger partial charge in [-0.1, -0.05) is 42.0 Å². The fraction of sp³-hybridized carbons (Fsp3) is 0.269. The molecule has 3 rings (SSSR count). The number of anilines is 2. The van der Waals surface area contributed by atoms with Crippen molar-refractivity contribution >= 4 is 27.3 Å². The maximum atomic E-state index is 14.6. The van der Waals surface area contributed by atoms with E-state index in [0.29, 0.717) is 0 Å². The molecule has 3 aromatic rings. The third-order valence-electron chi connectivity index (χ3n) is 5.57. The Morgan fingerprint density at radius 3 is 2.12 bits per heavy atom. The van der Waals surface area contributed by atoms with Gasteiger partial charge in [0.05, 0.1) is 10.6 Å². The summed E-state index contributed by atoms with van der Waals surface area (Å²) in [6.45, 7) is 7.49. The second-order valence-corrected chi connectivity index (χ2v) is 9.75. The Balaban J connectivity index is 1.78. The number of nitrogens with zero attached hydrogens (tertiary/aromatic N) is 2. The lowest BCUT2D eigenvalue weighted by molar-refractivity contribution is -0.119. The lowest BCUT2D eigenvalue weighted by Gasteiger charge is -2.24. The van der Waals surface area contributed by atoms with E-state index in [9.17, 15) is 17.6 Å². The molecular formula is C26H30FN3O3S. The summed E-state index contributed by atoms with van der Waals surface area (Å²) < 4.78 is 42.1. The first kappa shape index (κ1) is 25.2. The maximum absolute atomic E-state index is 14.6. The first-order chi connectivity index (χ1) is 16.3. The summed E-state index contributed by atoms with van der Waals surface area (Å²) in [5, 5.41) is 2.75. The quantitative estimate of drug-likeness (QED) is 0.461. The zero-order valence-corrected chi connectivity index (χ0v) is 20.5. The zero-order chi connectivity index (χ0) is 24.7. The van der Waals surface area contributed by atoms with E-state index in [1.165, 1.54) is 36.4 Å². The van der Waals surface area contributed by atoms with E-state index in [1.807, 2.05) is 31.2 Å². The molecule has 1 N–H and O–H groups in total. The van der Waals surface area contributed by atoms with Crippen molar-refractivity contribution in [2.24, 2.45) is 0 Å². The molecule has 0 saturated heterocycles. The Bertz CT molecular complexity index is 1210. The normalized spacial score (nSPS) is 11.2. The number of halogens is 1. The Morgan fingerprint density at radius 2 is 1.53 bits per heavy atom. The molecule has 8 heteroatoms. The fourth-order valence-corrected chi connectivity index (χ4v) is 5.02. The lowest BCUT2D eigenvalue weighted by atomic mass is 10.2. The van der Waals surface area contributed by atoms with Gasteiger partial charge in [0, 0.05) is 25.3 Å². The van der Waals surface area contributed by atoms with Gasteiger partial charge in [0.25, 0.3) is 10.0 Å². The van der Waals surface area contributed by atoms with Crippen LogP contribution in [0.1, 0.15) is 25.0 Å². The van der Waals surface area contributed by atoms with Crippen LogP contribution >= 0.6 is 0 Å². The number of carbonyl (C=O) groups is 1. The smallest absolute Gasteiger partial charge is 0.264 e. The third-order valence-corrected chi connectivity index (χ3v) is 7.35. The van der Waals surface area contributed by atoms with Gasteiger partial charge in [0.1, 0.15) is 12.4 Å². The molecule has 0 atom stereocenters. The predicted octanol–water partition coefficient (Wildman–Crippen LogP) is 4.49. The average Bonchev–Trinajstić information content (AvgIpc) is 2.83. The van der Waals surface area contributed by atoms with E-state index < -0.39 is 28.3 Å². The van der Waals surface area contributed by atoms with Crippen molar-refractivity contribution in [2.75, 3.05) is 28.8 Å². The summed E-state index contributed by atoms with van der Waals surface area (Å²) in [7, 11) is -4.17. The molecular weight excluding hydrogens is 453 g/mol. The molecule has 0 heterocycles. The summed E-state index contributed by atoms with van der Waals surface area (Å²) in [6.07, 6.45) is 0. The second-order valence-electron chi connectivity index (χ2n) is 7.89. The fourth-order valence-electron chi connectivity index (χ4n) is 3.59. The van der Waals surface area contributed by atoms with Crippen LogP contribution in [0.25, 0.3) is 0 Å². The van der Waals surface area contributed by atoms with Gasteiger partial charge in [-0.05, 0) is 62.7 Å². The lowest BCUT2D eigenvalue weighted by Crippen LogP contribution is -2.41. The van der Waals surface area contributed by atoms with Crippen molar-refractivity contribution in [1.29, 1.82) is 0 Å². The number of aryl methyl sites for hydroxylation is 1. The molecule has 0 aliphatic heterocycles. The van der Waals surface area contributed by atoms with Crippen LogP contribution in [0.5, 0.6) is 0 Å². The topological polar surface area (TPSA) is 69.7 Å². The molecule has 180 valence electrons. The van der Waals surface area contributed by atoms with Gasteiger partial charge < -0.3 is 10.2 Å². The largest absolute Gasteiger partial charge is 0.372 e. The molecule has 3 aromatic carbocycles. The summed E-state index contributed by atoms with van der Waals surface area (Å²) in [6, 6.07) is 19.6. The number of sulfonamides is 1. The van der Waals surface area contributed by atoms with Gasteiger partial charge in [-0.3, -0.25) is 9.10 Å². The van der Waals surface area contributed by atoms with E-state index in [4.69, 9.17) is 0 Å². The van der Waals surface area contributed by atoms with E-state index in [1.54, 1.807) is 12.1 Å². The molecule has 0 aliphatic carbocycles. The average molecular weight is 484 g/mol. The SMILES string of the molecule is CCN(CC)c1ccc(CNC(=O)CN(c2ccccc2F)S(=O)(=O)c2ccc(C)cc2)cc1. The van der Waals surface area contributed by atoms with Crippen LogP contribution in [0.3, 0.4) is 0 Å². The van der Waals surface area contributed by atoms with E-state index in [-0.39, 0.29) is 17.1 Å². The van der Waals surface area contributed by atoms with Crippen LogP contribution < -0.4 is 14.5 Å². The van der Waals surface area contributed by atoms with Gasteiger partial charge in [-0.25, -0.2) is 12.8 Å². The summed E-state index contributed by atoms with van der Waals surface area (Å²) in [4.78, 5) is 15.0. The van der Waals surface area contributed by atoms with Crippen molar-refractivity contribution in [1.82, 2.24) is 5.32 Å². The van der Waals surface area contributed by atoms with Gasteiger partial charge in [0.15, 0.2) is 0 Å². The number of rotatable bonds is 10. The van der Waals surface area contributed by atoms with Crippen LogP contribution in [0, 0.1) is 12.7 Å². The number of amides is 1. The van der Waals surface area contributed by atoms with Crippen molar-refractivity contribution in [2.45, 2.75) is 32.2 Å². The standard InChI is InChI=1S/C26H30FN3O3S/c1-4-29(5-2)22-14-12-21(13-15-22)18-28-26(31)19-30(25-9-7-6-8-24(25)27)34(32,33)23-16-10-20(3)11-17-23/h6-17H,4-5,18-19H2,1-3H3,(H,28,31). The van der Waals surface area contributed by atoms with Crippen LogP contribution in [-0.4, -0.2) is 34.0 Å². The summed E-state index contributed by atoms with van der Waals surface area (Å²) in [5.74, 6) is -1.26. The maximum Gasteiger partial charge on any atom is 0.264 e. The zero-order valence-electron chi connectivity index (χ0n) is 19.7. The number of para-hydroxylation sites is 1.